The molecule has 1 aromatic carbocycles. The zero-order valence-corrected chi connectivity index (χ0v) is 12.1. The van der Waals surface area contributed by atoms with E-state index in [0.29, 0.717) is 6.42 Å². The Bertz CT molecular complexity index is 428. The van der Waals surface area contributed by atoms with Crippen LogP contribution < -0.4 is 5.32 Å². The summed E-state index contributed by atoms with van der Waals surface area (Å²) < 4.78 is 6.58. The molecule has 3 nitrogen and oxygen atoms in total. The lowest BCUT2D eigenvalue weighted by molar-refractivity contribution is -0.119. The summed E-state index contributed by atoms with van der Waals surface area (Å²) in [6.45, 7) is 2.77. The predicted molar refractivity (Wildman–Crippen MR) is 75.7 cm³/mol. The van der Waals surface area contributed by atoms with Gasteiger partial charge in [-0.05, 0) is 43.9 Å². The third kappa shape index (κ3) is 3.56. The summed E-state index contributed by atoms with van der Waals surface area (Å²) in [6.07, 6.45) is 3.80. The highest BCUT2D eigenvalue weighted by Crippen LogP contribution is 2.24. The molecule has 1 N–H and O–H groups in total. The average Bonchev–Trinajstić information content (AvgIpc) is 2.36. The zero-order valence-electron chi connectivity index (χ0n) is 10.5. The molecule has 1 aromatic rings. The normalized spacial score (nSPS) is 19.6. The Morgan fingerprint density at radius 1 is 1.50 bits per heavy atom. The van der Waals surface area contributed by atoms with Crippen molar-refractivity contribution < 1.29 is 9.53 Å². The summed E-state index contributed by atoms with van der Waals surface area (Å²) in [5, 5.41) is 2.95. The second-order valence-corrected chi connectivity index (χ2v) is 5.51. The van der Waals surface area contributed by atoms with E-state index in [4.69, 9.17) is 4.74 Å². The maximum atomic E-state index is 11.9. The number of nitrogens with one attached hydrogen (secondary N) is 1. The van der Waals surface area contributed by atoms with Gasteiger partial charge in [0, 0.05) is 16.8 Å². The number of halogens is 1. The van der Waals surface area contributed by atoms with E-state index in [1.807, 2.05) is 25.1 Å². The highest BCUT2D eigenvalue weighted by molar-refractivity contribution is 9.10. The molecule has 0 aromatic heterocycles. The summed E-state index contributed by atoms with van der Waals surface area (Å²) in [5.74, 6) is 0.0306. The van der Waals surface area contributed by atoms with Gasteiger partial charge in [-0.2, -0.15) is 0 Å². The van der Waals surface area contributed by atoms with Gasteiger partial charge in [0.2, 0.25) is 5.91 Å². The molecule has 0 bridgehead atoms. The van der Waals surface area contributed by atoms with Crippen molar-refractivity contribution in [3.05, 3.63) is 28.2 Å². The lowest BCUT2D eigenvalue weighted by Crippen LogP contribution is -2.25. The number of benzene rings is 1. The van der Waals surface area contributed by atoms with Gasteiger partial charge in [0.1, 0.15) is 0 Å². The molecule has 0 radical (unpaired) electrons. The number of rotatable bonds is 3. The third-order valence-corrected chi connectivity index (χ3v) is 4.09. The molecular formula is C14H18BrNO2. The quantitative estimate of drug-likeness (QED) is 0.925. The Labute approximate surface area is 116 Å². The largest absolute Gasteiger partial charge is 0.378 e. The first-order valence-corrected chi connectivity index (χ1v) is 7.12. The van der Waals surface area contributed by atoms with Crippen LogP contribution in [0.4, 0.5) is 5.69 Å². The third-order valence-electron chi connectivity index (χ3n) is 3.23. The van der Waals surface area contributed by atoms with Crippen LogP contribution in [0.5, 0.6) is 0 Å². The Morgan fingerprint density at radius 2 is 2.33 bits per heavy atom. The minimum atomic E-state index is 0.0306. The van der Waals surface area contributed by atoms with Gasteiger partial charge in [0.15, 0.2) is 0 Å². The molecule has 1 unspecified atom stereocenters. The summed E-state index contributed by atoms with van der Waals surface area (Å²) in [6, 6.07) is 5.80. The Hall–Kier alpha value is -0.870. The number of hydrogen-bond acceptors (Lipinski definition) is 2. The van der Waals surface area contributed by atoms with Crippen molar-refractivity contribution in [2.24, 2.45) is 0 Å². The highest BCUT2D eigenvalue weighted by Gasteiger charge is 2.18. The fraction of sp³-hybridized carbons (Fsp3) is 0.500. The van der Waals surface area contributed by atoms with Crippen LogP contribution in [0.25, 0.3) is 0 Å². The summed E-state index contributed by atoms with van der Waals surface area (Å²) in [4.78, 5) is 11.9. The number of amides is 1. The maximum absolute atomic E-state index is 11.9. The number of carbonyl (C=O) groups is 1. The van der Waals surface area contributed by atoms with Crippen molar-refractivity contribution >= 4 is 27.5 Å². The minimum Gasteiger partial charge on any atom is -0.378 e. The van der Waals surface area contributed by atoms with Crippen LogP contribution in [0.1, 0.15) is 31.2 Å². The number of carbonyl (C=O) groups excluding carboxylic acids is 1. The maximum Gasteiger partial charge on any atom is 0.226 e. The van der Waals surface area contributed by atoms with Gasteiger partial charge in [-0.3, -0.25) is 4.79 Å². The number of ether oxygens (including phenoxy) is 1. The van der Waals surface area contributed by atoms with Gasteiger partial charge in [0.05, 0.1) is 12.5 Å². The standard InChI is InChI=1S/C14H18BrNO2/c1-10-12(15)6-4-7-13(10)16-14(17)9-11-5-2-3-8-18-11/h4,6-7,11H,2-3,5,8-9H2,1H3,(H,16,17). The van der Waals surface area contributed by atoms with Gasteiger partial charge in [0.25, 0.3) is 0 Å². The van der Waals surface area contributed by atoms with Crippen LogP contribution in [0.2, 0.25) is 0 Å². The van der Waals surface area contributed by atoms with Crippen molar-refractivity contribution in [3.63, 3.8) is 0 Å². The van der Waals surface area contributed by atoms with Crippen molar-refractivity contribution in [2.75, 3.05) is 11.9 Å². The molecule has 1 amide bonds. The van der Waals surface area contributed by atoms with Gasteiger partial charge in [-0.25, -0.2) is 0 Å². The Balaban J connectivity index is 1.92. The molecule has 0 aliphatic carbocycles. The lowest BCUT2D eigenvalue weighted by Gasteiger charge is -2.22. The molecular weight excluding hydrogens is 294 g/mol. The molecule has 1 aliphatic heterocycles. The topological polar surface area (TPSA) is 38.3 Å². The first-order chi connectivity index (χ1) is 8.66. The summed E-state index contributed by atoms with van der Waals surface area (Å²) in [7, 11) is 0. The van der Waals surface area contributed by atoms with Crippen LogP contribution in [-0.2, 0) is 9.53 Å². The SMILES string of the molecule is Cc1c(Br)cccc1NC(=O)CC1CCCCO1. The van der Waals surface area contributed by atoms with Crippen LogP contribution in [0.3, 0.4) is 0 Å². The average molecular weight is 312 g/mol. The van der Waals surface area contributed by atoms with Gasteiger partial charge >= 0.3 is 0 Å². The monoisotopic (exact) mass is 311 g/mol. The molecule has 1 fully saturated rings. The first kappa shape index (κ1) is 13.6. The lowest BCUT2D eigenvalue weighted by atomic mass is 10.1. The molecule has 4 heteroatoms. The molecule has 2 rings (SSSR count). The van der Waals surface area contributed by atoms with Crippen molar-refractivity contribution in [1.29, 1.82) is 0 Å². The van der Waals surface area contributed by atoms with Crippen molar-refractivity contribution in [2.45, 2.75) is 38.7 Å². The van der Waals surface area contributed by atoms with E-state index in [2.05, 4.69) is 21.2 Å². The van der Waals surface area contributed by atoms with Crippen LogP contribution >= 0.6 is 15.9 Å². The summed E-state index contributed by atoms with van der Waals surface area (Å²) in [5.41, 5.74) is 1.92. The van der Waals surface area contributed by atoms with E-state index in [0.717, 1.165) is 41.6 Å². The second-order valence-electron chi connectivity index (χ2n) is 4.65. The van der Waals surface area contributed by atoms with Gasteiger partial charge in [-0.1, -0.05) is 22.0 Å². The first-order valence-electron chi connectivity index (χ1n) is 6.33. The van der Waals surface area contributed by atoms with Crippen LogP contribution in [0.15, 0.2) is 22.7 Å². The van der Waals surface area contributed by atoms with E-state index in [1.165, 1.54) is 0 Å². The van der Waals surface area contributed by atoms with Gasteiger partial charge in [-0.15, -0.1) is 0 Å². The number of hydrogen-bond donors (Lipinski definition) is 1. The molecule has 1 saturated heterocycles. The van der Waals surface area contributed by atoms with Crippen molar-refractivity contribution in [3.8, 4) is 0 Å². The smallest absolute Gasteiger partial charge is 0.226 e. The van der Waals surface area contributed by atoms with Crippen LogP contribution in [0, 0.1) is 6.92 Å². The molecule has 1 atom stereocenters. The van der Waals surface area contributed by atoms with Crippen molar-refractivity contribution in [1.82, 2.24) is 0 Å². The van der Waals surface area contributed by atoms with E-state index >= 15 is 0 Å². The Morgan fingerprint density at radius 3 is 3.06 bits per heavy atom. The zero-order chi connectivity index (χ0) is 13.0. The van der Waals surface area contributed by atoms with E-state index < -0.39 is 0 Å². The second kappa shape index (κ2) is 6.34. The predicted octanol–water partition coefficient (Wildman–Crippen LogP) is 3.66. The van der Waals surface area contributed by atoms with E-state index in [1.54, 1.807) is 0 Å². The number of anilines is 1. The molecule has 18 heavy (non-hydrogen) atoms. The van der Waals surface area contributed by atoms with Crippen LogP contribution in [-0.4, -0.2) is 18.6 Å². The molecule has 1 aliphatic rings. The molecule has 1 heterocycles. The molecule has 0 saturated carbocycles. The fourth-order valence-corrected chi connectivity index (χ4v) is 2.49. The molecule has 98 valence electrons. The highest BCUT2D eigenvalue weighted by atomic mass is 79.9. The van der Waals surface area contributed by atoms with E-state index in [-0.39, 0.29) is 12.0 Å². The van der Waals surface area contributed by atoms with Gasteiger partial charge < -0.3 is 10.1 Å². The van der Waals surface area contributed by atoms with E-state index in [9.17, 15) is 4.79 Å². The summed E-state index contributed by atoms with van der Waals surface area (Å²) >= 11 is 3.46. The minimum absolute atomic E-state index is 0.0306. The fourth-order valence-electron chi connectivity index (χ4n) is 2.12. The Kier molecular flexibility index (Phi) is 4.78. The molecule has 0 spiro atoms.